The number of nitrogens with zero attached hydrogens (tertiary/aromatic N) is 2. The summed E-state index contributed by atoms with van der Waals surface area (Å²) in [6, 6.07) is 15.5. The van der Waals surface area contributed by atoms with Crippen molar-refractivity contribution in [3.8, 4) is 22.6 Å². The molecule has 1 aliphatic heterocycles. The van der Waals surface area contributed by atoms with Gasteiger partial charge in [-0.3, -0.25) is 10.2 Å². The predicted octanol–water partition coefficient (Wildman–Crippen LogP) is 4.79. The Morgan fingerprint density at radius 1 is 1.00 bits per heavy atom. The van der Waals surface area contributed by atoms with Crippen LogP contribution in [0, 0.1) is 0 Å². The molecule has 0 unspecified atom stereocenters. The lowest BCUT2D eigenvalue weighted by atomic mass is 10.1. The Kier molecular flexibility index (Phi) is 4.72. The molecule has 0 fully saturated rings. The van der Waals surface area contributed by atoms with Gasteiger partial charge in [-0.05, 0) is 23.8 Å². The monoisotopic (exact) mass is 435 g/mol. The fraction of sp³-hybridized carbons (Fsp3) is 0.0909. The molecule has 0 radical (unpaired) electrons. The first kappa shape index (κ1) is 18.8. The summed E-state index contributed by atoms with van der Waals surface area (Å²) in [6.07, 6.45) is 0. The van der Waals surface area contributed by atoms with Gasteiger partial charge in [-0.1, -0.05) is 42.1 Å². The number of nitrogens with one attached hydrogen (secondary N) is 1. The number of fused-ring (bicyclic) bond motifs is 2. The lowest BCUT2D eigenvalue weighted by Gasteiger charge is -2.21. The van der Waals surface area contributed by atoms with Crippen LogP contribution < -0.4 is 20.5 Å². The van der Waals surface area contributed by atoms with E-state index < -0.39 is 0 Å². The molecule has 1 aliphatic rings. The zero-order valence-corrected chi connectivity index (χ0v) is 17.8. The number of benzene rings is 2. The molecule has 30 heavy (non-hydrogen) atoms. The fourth-order valence-corrected chi connectivity index (χ4v) is 5.16. The molecule has 6 nitrogen and oxygen atoms in total. The molecule has 3 heterocycles. The van der Waals surface area contributed by atoms with Gasteiger partial charge in [0.1, 0.15) is 4.83 Å². The number of rotatable bonds is 4. The van der Waals surface area contributed by atoms with Gasteiger partial charge in [-0.25, -0.2) is 4.98 Å². The van der Waals surface area contributed by atoms with Crippen LogP contribution in [-0.4, -0.2) is 23.9 Å². The zero-order valence-electron chi connectivity index (χ0n) is 16.2. The molecule has 2 aromatic heterocycles. The molecule has 0 atom stereocenters. The van der Waals surface area contributed by atoms with E-state index in [2.05, 4.69) is 5.43 Å². The normalized spacial score (nSPS) is 12.8. The minimum atomic E-state index is -0.117. The highest BCUT2D eigenvalue weighted by Gasteiger charge is 2.21. The third-order valence-corrected chi connectivity index (χ3v) is 6.58. The molecule has 1 N–H and O–H groups in total. The number of aromatic nitrogens is 2. The maximum atomic E-state index is 13.4. The predicted molar refractivity (Wildman–Crippen MR) is 122 cm³/mol. The highest BCUT2D eigenvalue weighted by molar-refractivity contribution is 8.02. The van der Waals surface area contributed by atoms with Gasteiger partial charge >= 0.3 is 0 Å². The van der Waals surface area contributed by atoms with E-state index in [4.69, 9.17) is 14.5 Å². The molecule has 150 valence electrons. The maximum absolute atomic E-state index is 13.4. The summed E-state index contributed by atoms with van der Waals surface area (Å²) in [7, 11) is 3.20. The summed E-state index contributed by atoms with van der Waals surface area (Å²) in [5, 5.41) is 5.17. The zero-order chi connectivity index (χ0) is 20.7. The SMILES string of the molecule is COc1ccc(C2=CSc3nc4scc(-c5ccccc5)c4c(=O)n3N2)cc1OC. The van der Waals surface area contributed by atoms with Crippen molar-refractivity contribution in [3.05, 3.63) is 75.2 Å². The average Bonchev–Trinajstić information content (AvgIpc) is 3.23. The molecule has 8 heteroatoms. The Balaban J connectivity index is 1.59. The van der Waals surface area contributed by atoms with Gasteiger partial charge in [0.25, 0.3) is 5.56 Å². The molecule has 0 saturated carbocycles. The van der Waals surface area contributed by atoms with E-state index in [9.17, 15) is 4.79 Å². The summed E-state index contributed by atoms with van der Waals surface area (Å²) in [4.78, 5) is 18.9. The van der Waals surface area contributed by atoms with E-state index >= 15 is 0 Å². The summed E-state index contributed by atoms with van der Waals surface area (Å²) in [5.41, 5.74) is 6.67. The highest BCUT2D eigenvalue weighted by atomic mass is 32.2. The van der Waals surface area contributed by atoms with Crippen molar-refractivity contribution in [2.24, 2.45) is 0 Å². The standard InChI is InChI=1S/C22H17N3O3S2/c1-27-17-9-8-14(10-18(17)28-2)16-12-30-22-23-20-19(21(26)25(22)24-16)15(11-29-20)13-6-4-3-5-7-13/h3-12,24H,1-2H3. The number of thioether (sulfide) groups is 1. The fourth-order valence-electron chi connectivity index (χ4n) is 3.37. The van der Waals surface area contributed by atoms with Crippen LogP contribution in [0.2, 0.25) is 0 Å². The molecule has 0 aliphatic carbocycles. The number of methoxy groups -OCH3 is 2. The van der Waals surface area contributed by atoms with Gasteiger partial charge in [-0.15, -0.1) is 11.3 Å². The topological polar surface area (TPSA) is 65.4 Å². The van der Waals surface area contributed by atoms with Crippen molar-refractivity contribution in [1.82, 2.24) is 9.66 Å². The summed E-state index contributed by atoms with van der Waals surface area (Å²) >= 11 is 2.90. The van der Waals surface area contributed by atoms with E-state index in [1.165, 1.54) is 27.8 Å². The maximum Gasteiger partial charge on any atom is 0.282 e. The van der Waals surface area contributed by atoms with Crippen LogP contribution in [0.3, 0.4) is 0 Å². The van der Waals surface area contributed by atoms with Crippen molar-refractivity contribution in [3.63, 3.8) is 0 Å². The van der Waals surface area contributed by atoms with Gasteiger partial charge in [0.05, 0.1) is 25.3 Å². The van der Waals surface area contributed by atoms with Crippen molar-refractivity contribution < 1.29 is 9.47 Å². The van der Waals surface area contributed by atoms with Crippen LogP contribution in [0.4, 0.5) is 0 Å². The molecule has 0 spiro atoms. The third-order valence-electron chi connectivity index (χ3n) is 4.87. The highest BCUT2D eigenvalue weighted by Crippen LogP contribution is 2.35. The molecule has 0 amide bonds. The van der Waals surface area contributed by atoms with Crippen LogP contribution in [0.1, 0.15) is 5.56 Å². The quantitative estimate of drug-likeness (QED) is 0.465. The molecule has 2 aromatic carbocycles. The Labute approximate surface area is 180 Å². The van der Waals surface area contributed by atoms with Crippen LogP contribution in [-0.2, 0) is 0 Å². The Morgan fingerprint density at radius 2 is 1.80 bits per heavy atom. The van der Waals surface area contributed by atoms with Crippen LogP contribution >= 0.6 is 23.1 Å². The first-order valence-corrected chi connectivity index (χ1v) is 10.9. The smallest absolute Gasteiger partial charge is 0.282 e. The van der Waals surface area contributed by atoms with Crippen molar-refractivity contribution in [1.29, 1.82) is 0 Å². The minimum absolute atomic E-state index is 0.117. The largest absolute Gasteiger partial charge is 0.493 e. The molecular formula is C22H17N3O3S2. The second-order valence-corrected chi connectivity index (χ2v) is 8.26. The van der Waals surface area contributed by atoms with Gasteiger partial charge in [-0.2, -0.15) is 4.68 Å². The lowest BCUT2D eigenvalue weighted by Crippen LogP contribution is -2.32. The summed E-state index contributed by atoms with van der Waals surface area (Å²) in [6.45, 7) is 0. The summed E-state index contributed by atoms with van der Waals surface area (Å²) in [5.74, 6) is 1.27. The molecule has 0 saturated heterocycles. The van der Waals surface area contributed by atoms with Gasteiger partial charge in [0, 0.05) is 21.9 Å². The first-order chi connectivity index (χ1) is 14.7. The van der Waals surface area contributed by atoms with Gasteiger partial charge in [0.2, 0.25) is 0 Å². The van der Waals surface area contributed by atoms with Gasteiger partial charge < -0.3 is 9.47 Å². The number of hydrogen-bond donors (Lipinski definition) is 1. The van der Waals surface area contributed by atoms with Crippen molar-refractivity contribution in [2.75, 3.05) is 19.6 Å². The first-order valence-electron chi connectivity index (χ1n) is 9.15. The van der Waals surface area contributed by atoms with Crippen molar-refractivity contribution >= 4 is 39.0 Å². The molecule has 5 rings (SSSR count). The van der Waals surface area contributed by atoms with Crippen LogP contribution in [0.5, 0.6) is 11.5 Å². The van der Waals surface area contributed by atoms with E-state index in [0.717, 1.165) is 27.2 Å². The molecular weight excluding hydrogens is 418 g/mol. The second-order valence-electron chi connectivity index (χ2n) is 6.56. The van der Waals surface area contributed by atoms with E-state index in [1.54, 1.807) is 14.2 Å². The van der Waals surface area contributed by atoms with E-state index in [0.29, 0.717) is 22.0 Å². The second kappa shape index (κ2) is 7.55. The number of ether oxygens (including phenoxy) is 2. The van der Waals surface area contributed by atoms with Gasteiger partial charge in [0.15, 0.2) is 16.7 Å². The number of hydrogen-bond acceptors (Lipinski definition) is 7. The van der Waals surface area contributed by atoms with Crippen molar-refractivity contribution in [2.45, 2.75) is 5.16 Å². The van der Waals surface area contributed by atoms with E-state index in [-0.39, 0.29) is 5.56 Å². The van der Waals surface area contributed by atoms with E-state index in [1.807, 2.05) is 59.3 Å². The molecule has 4 aromatic rings. The molecule has 0 bridgehead atoms. The Morgan fingerprint density at radius 3 is 2.57 bits per heavy atom. The number of thiophene rings is 1. The lowest BCUT2D eigenvalue weighted by molar-refractivity contribution is 0.355. The Hall–Kier alpha value is -3.23. The Bertz CT molecular complexity index is 1340. The van der Waals surface area contributed by atoms with Crippen LogP contribution in [0.25, 0.3) is 27.0 Å². The summed E-state index contributed by atoms with van der Waals surface area (Å²) < 4.78 is 12.2. The van der Waals surface area contributed by atoms with Crippen LogP contribution in [0.15, 0.2) is 69.3 Å². The average molecular weight is 436 g/mol. The third kappa shape index (κ3) is 3.05. The minimum Gasteiger partial charge on any atom is -0.493 e.